The fourth-order valence-electron chi connectivity index (χ4n) is 2.81. The molecule has 1 saturated heterocycles. The van der Waals surface area contributed by atoms with Gasteiger partial charge in [0.2, 0.25) is 0 Å². The minimum atomic E-state index is 0.766. The first-order valence-electron chi connectivity index (χ1n) is 8.80. The molecule has 1 aliphatic rings. The number of ether oxygens (including phenoxy) is 1. The van der Waals surface area contributed by atoms with Gasteiger partial charge in [0, 0.05) is 24.2 Å². The Morgan fingerprint density at radius 2 is 1.96 bits per heavy atom. The summed E-state index contributed by atoms with van der Waals surface area (Å²) >= 11 is 1.69. The van der Waals surface area contributed by atoms with Gasteiger partial charge in [-0.3, -0.25) is 0 Å². The number of rotatable bonds is 5. The number of pyridine rings is 2. The number of hydrogen-bond acceptors (Lipinski definition) is 7. The number of hydrogen-bond donors (Lipinski definition) is 1. The summed E-state index contributed by atoms with van der Waals surface area (Å²) in [6.45, 7) is 5.49. The van der Waals surface area contributed by atoms with Crippen LogP contribution in [-0.2, 0) is 11.2 Å². The zero-order valence-electron chi connectivity index (χ0n) is 14.7. The quantitative estimate of drug-likeness (QED) is 0.741. The van der Waals surface area contributed by atoms with Crippen LogP contribution in [0.1, 0.15) is 11.8 Å². The monoisotopic (exact) mass is 367 g/mol. The number of nitrogens with zero attached hydrogens (tertiary/aromatic N) is 4. The summed E-state index contributed by atoms with van der Waals surface area (Å²) in [6, 6.07) is 9.98. The molecule has 0 aromatic carbocycles. The molecule has 4 heterocycles. The summed E-state index contributed by atoms with van der Waals surface area (Å²) in [5.74, 6) is 1.54. The van der Waals surface area contributed by atoms with Gasteiger partial charge in [0.1, 0.15) is 22.3 Å². The third-order valence-electron chi connectivity index (χ3n) is 4.25. The van der Waals surface area contributed by atoms with Crippen molar-refractivity contribution in [3.63, 3.8) is 0 Å². The van der Waals surface area contributed by atoms with Gasteiger partial charge in [-0.1, -0.05) is 13.0 Å². The van der Waals surface area contributed by atoms with E-state index in [1.165, 1.54) is 4.88 Å². The maximum atomic E-state index is 5.39. The number of morpholine rings is 1. The van der Waals surface area contributed by atoms with E-state index < -0.39 is 0 Å². The largest absolute Gasteiger partial charge is 0.378 e. The average molecular weight is 367 g/mol. The average Bonchev–Trinajstić information content (AvgIpc) is 3.19. The van der Waals surface area contributed by atoms with Gasteiger partial charge in [-0.05, 0) is 30.7 Å². The highest BCUT2D eigenvalue weighted by molar-refractivity contribution is 7.14. The van der Waals surface area contributed by atoms with Gasteiger partial charge >= 0.3 is 0 Å². The molecule has 0 spiro atoms. The van der Waals surface area contributed by atoms with Crippen molar-refractivity contribution in [2.75, 3.05) is 36.5 Å². The van der Waals surface area contributed by atoms with Crippen LogP contribution >= 0.6 is 11.3 Å². The minimum Gasteiger partial charge on any atom is -0.378 e. The van der Waals surface area contributed by atoms with E-state index in [4.69, 9.17) is 4.74 Å². The van der Waals surface area contributed by atoms with Crippen molar-refractivity contribution < 1.29 is 4.74 Å². The lowest BCUT2D eigenvalue weighted by molar-refractivity contribution is 0.122. The second-order valence-corrected chi connectivity index (χ2v) is 7.13. The molecule has 0 unspecified atom stereocenters. The number of anilines is 3. The number of aromatic nitrogens is 3. The molecule has 0 radical (unpaired) electrons. The molecular weight excluding hydrogens is 346 g/mol. The van der Waals surface area contributed by atoms with Gasteiger partial charge in [-0.15, -0.1) is 11.3 Å². The summed E-state index contributed by atoms with van der Waals surface area (Å²) < 4.78 is 5.39. The zero-order chi connectivity index (χ0) is 17.8. The van der Waals surface area contributed by atoms with E-state index in [0.29, 0.717) is 0 Å². The van der Waals surface area contributed by atoms with Crippen molar-refractivity contribution in [1.82, 2.24) is 15.0 Å². The molecule has 3 aromatic rings. The molecule has 7 heteroatoms. The van der Waals surface area contributed by atoms with Crippen LogP contribution in [0, 0.1) is 0 Å². The Hall–Kier alpha value is -2.51. The number of aryl methyl sites for hydroxylation is 1. The van der Waals surface area contributed by atoms with Gasteiger partial charge in [0.25, 0.3) is 0 Å². The molecule has 0 amide bonds. The lowest BCUT2D eigenvalue weighted by Crippen LogP contribution is -2.36. The van der Waals surface area contributed by atoms with Crippen molar-refractivity contribution in [3.05, 3.63) is 47.6 Å². The van der Waals surface area contributed by atoms with E-state index in [2.05, 4.69) is 38.2 Å². The van der Waals surface area contributed by atoms with Crippen LogP contribution in [-0.4, -0.2) is 41.3 Å². The summed E-state index contributed by atoms with van der Waals surface area (Å²) in [5, 5.41) is 4.22. The molecule has 6 nitrogen and oxygen atoms in total. The summed E-state index contributed by atoms with van der Waals surface area (Å²) in [5.41, 5.74) is 2.00. The Bertz CT molecular complexity index is 858. The maximum Gasteiger partial charge on any atom is 0.142 e. The van der Waals surface area contributed by atoms with E-state index in [0.717, 1.165) is 60.7 Å². The fourth-order valence-corrected chi connectivity index (χ4v) is 3.63. The molecule has 134 valence electrons. The van der Waals surface area contributed by atoms with E-state index in [1.807, 2.05) is 36.7 Å². The number of thiazole rings is 1. The van der Waals surface area contributed by atoms with Crippen molar-refractivity contribution in [2.45, 2.75) is 13.3 Å². The van der Waals surface area contributed by atoms with Crippen LogP contribution in [0.4, 0.5) is 17.3 Å². The van der Waals surface area contributed by atoms with Crippen LogP contribution in [0.3, 0.4) is 0 Å². The Labute approximate surface area is 156 Å². The standard InChI is InChI=1S/C19H21N5OS/c1-2-15-13-21-19(26-15)16-4-3-5-18(22-16)23-17-7-6-14(12-20-17)24-8-10-25-11-9-24/h3-7,12-13H,2,8-11H2,1H3,(H,20,22,23). The third kappa shape index (κ3) is 3.84. The normalized spacial score (nSPS) is 14.4. The van der Waals surface area contributed by atoms with Crippen LogP contribution in [0.25, 0.3) is 10.7 Å². The summed E-state index contributed by atoms with van der Waals surface area (Å²) in [7, 11) is 0. The number of nitrogens with one attached hydrogen (secondary N) is 1. The van der Waals surface area contributed by atoms with Gasteiger partial charge in [0.15, 0.2) is 0 Å². The van der Waals surface area contributed by atoms with E-state index >= 15 is 0 Å². The van der Waals surface area contributed by atoms with Gasteiger partial charge < -0.3 is 15.0 Å². The molecule has 0 atom stereocenters. The van der Waals surface area contributed by atoms with Crippen LogP contribution < -0.4 is 10.2 Å². The van der Waals surface area contributed by atoms with Gasteiger partial charge in [-0.25, -0.2) is 15.0 Å². The highest BCUT2D eigenvalue weighted by Crippen LogP contribution is 2.25. The van der Waals surface area contributed by atoms with Crippen LogP contribution in [0.15, 0.2) is 42.7 Å². The first-order chi connectivity index (χ1) is 12.8. The maximum absolute atomic E-state index is 5.39. The molecule has 0 aliphatic carbocycles. The molecule has 26 heavy (non-hydrogen) atoms. The van der Waals surface area contributed by atoms with Crippen molar-refractivity contribution in [1.29, 1.82) is 0 Å². The Kier molecular flexibility index (Phi) is 5.08. The highest BCUT2D eigenvalue weighted by atomic mass is 32.1. The first kappa shape index (κ1) is 16.9. The van der Waals surface area contributed by atoms with E-state index in [-0.39, 0.29) is 0 Å². The Balaban J connectivity index is 1.47. The molecule has 0 bridgehead atoms. The SMILES string of the molecule is CCc1cnc(-c2cccc(Nc3ccc(N4CCOCC4)cn3)n2)s1. The van der Waals surface area contributed by atoms with E-state index in [9.17, 15) is 0 Å². The second kappa shape index (κ2) is 7.80. The fraction of sp³-hybridized carbons (Fsp3) is 0.316. The first-order valence-corrected chi connectivity index (χ1v) is 9.61. The lowest BCUT2D eigenvalue weighted by Gasteiger charge is -2.28. The van der Waals surface area contributed by atoms with Gasteiger partial charge in [-0.2, -0.15) is 0 Å². The molecule has 1 fully saturated rings. The zero-order valence-corrected chi connectivity index (χ0v) is 15.5. The Morgan fingerprint density at radius 3 is 2.69 bits per heavy atom. The van der Waals surface area contributed by atoms with Crippen LogP contribution in [0.5, 0.6) is 0 Å². The minimum absolute atomic E-state index is 0.766. The molecule has 1 N–H and O–H groups in total. The summed E-state index contributed by atoms with van der Waals surface area (Å²) in [4.78, 5) is 17.2. The molecule has 4 rings (SSSR count). The predicted octanol–water partition coefficient (Wildman–Crippen LogP) is 3.74. The van der Waals surface area contributed by atoms with E-state index in [1.54, 1.807) is 11.3 Å². The Morgan fingerprint density at radius 1 is 1.08 bits per heavy atom. The second-order valence-electron chi connectivity index (χ2n) is 6.02. The predicted molar refractivity (Wildman–Crippen MR) is 105 cm³/mol. The molecule has 0 saturated carbocycles. The lowest BCUT2D eigenvalue weighted by atomic mass is 10.3. The van der Waals surface area contributed by atoms with Gasteiger partial charge in [0.05, 0.1) is 25.1 Å². The highest BCUT2D eigenvalue weighted by Gasteiger charge is 2.11. The van der Waals surface area contributed by atoms with Crippen LogP contribution in [0.2, 0.25) is 0 Å². The van der Waals surface area contributed by atoms with Crippen molar-refractivity contribution in [2.24, 2.45) is 0 Å². The molecule has 3 aromatic heterocycles. The smallest absolute Gasteiger partial charge is 0.142 e. The topological polar surface area (TPSA) is 63.2 Å². The van der Waals surface area contributed by atoms with Crippen molar-refractivity contribution in [3.8, 4) is 10.7 Å². The summed E-state index contributed by atoms with van der Waals surface area (Å²) in [6.07, 6.45) is 4.81. The molecule has 1 aliphatic heterocycles. The van der Waals surface area contributed by atoms with Crippen molar-refractivity contribution >= 4 is 28.7 Å². The third-order valence-corrected chi connectivity index (χ3v) is 5.41. The molecular formula is C19H21N5OS.